The van der Waals surface area contributed by atoms with Gasteiger partial charge in [-0.2, -0.15) is 0 Å². The first-order valence-electron chi connectivity index (χ1n) is 9.71. The molecule has 0 aliphatic heterocycles. The van der Waals surface area contributed by atoms with E-state index in [1.165, 1.54) is 0 Å². The SMILES string of the molecule is Cc1noc(C)c1COc1cccc(C(=O)Nc2ccc(-c3ccccc3)cc2)c1. The summed E-state index contributed by atoms with van der Waals surface area (Å²) in [7, 11) is 0. The van der Waals surface area contributed by atoms with Gasteiger partial charge in [0.1, 0.15) is 18.1 Å². The molecule has 4 rings (SSSR count). The Bertz CT molecular complexity index is 1130. The van der Waals surface area contributed by atoms with Crippen LogP contribution in [0.4, 0.5) is 5.69 Å². The van der Waals surface area contributed by atoms with E-state index < -0.39 is 0 Å². The second-order valence-electron chi connectivity index (χ2n) is 7.02. The van der Waals surface area contributed by atoms with Gasteiger partial charge in [-0.05, 0) is 55.3 Å². The zero-order valence-electron chi connectivity index (χ0n) is 16.9. The van der Waals surface area contributed by atoms with Gasteiger partial charge in [-0.1, -0.05) is 53.7 Å². The van der Waals surface area contributed by atoms with E-state index >= 15 is 0 Å². The van der Waals surface area contributed by atoms with E-state index in [1.54, 1.807) is 18.2 Å². The Labute approximate surface area is 175 Å². The third-order valence-electron chi connectivity index (χ3n) is 4.91. The fourth-order valence-corrected chi connectivity index (χ4v) is 3.17. The van der Waals surface area contributed by atoms with Crippen molar-refractivity contribution >= 4 is 11.6 Å². The lowest BCUT2D eigenvalue weighted by atomic mass is 10.1. The molecule has 0 saturated carbocycles. The molecule has 150 valence electrons. The summed E-state index contributed by atoms with van der Waals surface area (Å²) in [5, 5.41) is 6.86. The summed E-state index contributed by atoms with van der Waals surface area (Å²) in [6.45, 7) is 4.07. The normalized spacial score (nSPS) is 10.6. The zero-order valence-corrected chi connectivity index (χ0v) is 16.9. The van der Waals surface area contributed by atoms with Crippen molar-refractivity contribution in [2.75, 3.05) is 5.32 Å². The van der Waals surface area contributed by atoms with Gasteiger partial charge in [-0.15, -0.1) is 0 Å². The number of rotatable bonds is 6. The number of nitrogens with one attached hydrogen (secondary N) is 1. The molecule has 0 aliphatic carbocycles. The zero-order chi connectivity index (χ0) is 20.9. The van der Waals surface area contributed by atoms with Crippen molar-refractivity contribution < 1.29 is 14.1 Å². The van der Waals surface area contributed by atoms with Gasteiger partial charge in [0.05, 0.1) is 11.3 Å². The maximum Gasteiger partial charge on any atom is 0.255 e. The number of ether oxygens (including phenoxy) is 1. The molecule has 0 bridgehead atoms. The molecule has 5 nitrogen and oxygen atoms in total. The smallest absolute Gasteiger partial charge is 0.255 e. The van der Waals surface area contributed by atoms with Gasteiger partial charge in [0.15, 0.2) is 0 Å². The van der Waals surface area contributed by atoms with Crippen LogP contribution in [0.15, 0.2) is 83.4 Å². The minimum atomic E-state index is -0.190. The van der Waals surface area contributed by atoms with Gasteiger partial charge >= 0.3 is 0 Å². The van der Waals surface area contributed by atoms with E-state index in [-0.39, 0.29) is 5.91 Å². The van der Waals surface area contributed by atoms with Crippen LogP contribution in [-0.4, -0.2) is 11.1 Å². The molecule has 0 spiro atoms. The van der Waals surface area contributed by atoms with Crippen LogP contribution in [0.3, 0.4) is 0 Å². The van der Waals surface area contributed by atoms with Crippen molar-refractivity contribution in [1.29, 1.82) is 0 Å². The van der Waals surface area contributed by atoms with Crippen molar-refractivity contribution in [3.05, 3.63) is 101 Å². The topological polar surface area (TPSA) is 64.4 Å². The largest absolute Gasteiger partial charge is 0.489 e. The molecule has 1 amide bonds. The number of hydrogen-bond donors (Lipinski definition) is 1. The summed E-state index contributed by atoms with van der Waals surface area (Å²) < 4.78 is 11.0. The van der Waals surface area contributed by atoms with Gasteiger partial charge in [0.25, 0.3) is 5.91 Å². The third-order valence-corrected chi connectivity index (χ3v) is 4.91. The summed E-state index contributed by atoms with van der Waals surface area (Å²) in [4.78, 5) is 12.7. The predicted molar refractivity (Wildman–Crippen MR) is 117 cm³/mol. The second-order valence-corrected chi connectivity index (χ2v) is 7.02. The number of benzene rings is 3. The Hall–Kier alpha value is -3.86. The summed E-state index contributed by atoms with van der Waals surface area (Å²) >= 11 is 0. The first kappa shape index (κ1) is 19.5. The molecule has 1 heterocycles. The van der Waals surface area contributed by atoms with Gasteiger partial charge < -0.3 is 14.6 Å². The second kappa shape index (κ2) is 8.66. The number of hydrogen-bond acceptors (Lipinski definition) is 4. The van der Waals surface area contributed by atoms with Gasteiger partial charge in [-0.25, -0.2) is 0 Å². The van der Waals surface area contributed by atoms with Crippen molar-refractivity contribution in [3.63, 3.8) is 0 Å². The fourth-order valence-electron chi connectivity index (χ4n) is 3.17. The van der Waals surface area contributed by atoms with Crippen LogP contribution in [0.2, 0.25) is 0 Å². The van der Waals surface area contributed by atoms with Crippen molar-refractivity contribution in [3.8, 4) is 16.9 Å². The Morgan fingerprint density at radius 1 is 0.933 bits per heavy atom. The number of nitrogens with zero attached hydrogens (tertiary/aromatic N) is 1. The van der Waals surface area contributed by atoms with Crippen LogP contribution in [0.5, 0.6) is 5.75 Å². The van der Waals surface area contributed by atoms with E-state index in [9.17, 15) is 4.79 Å². The van der Waals surface area contributed by atoms with Crippen LogP contribution in [0.25, 0.3) is 11.1 Å². The highest BCUT2D eigenvalue weighted by Gasteiger charge is 2.11. The lowest BCUT2D eigenvalue weighted by Crippen LogP contribution is -2.12. The van der Waals surface area contributed by atoms with E-state index in [4.69, 9.17) is 9.26 Å². The molecule has 0 radical (unpaired) electrons. The van der Waals surface area contributed by atoms with Crippen molar-refractivity contribution in [2.45, 2.75) is 20.5 Å². The molecular weight excluding hydrogens is 376 g/mol. The van der Waals surface area contributed by atoms with Crippen LogP contribution in [0.1, 0.15) is 27.4 Å². The molecule has 0 saturated heterocycles. The first-order valence-corrected chi connectivity index (χ1v) is 9.71. The molecule has 0 unspecified atom stereocenters. The number of anilines is 1. The number of amides is 1. The van der Waals surface area contributed by atoms with Crippen LogP contribution >= 0.6 is 0 Å². The maximum absolute atomic E-state index is 12.7. The molecule has 5 heteroatoms. The van der Waals surface area contributed by atoms with E-state index in [0.717, 1.165) is 33.8 Å². The lowest BCUT2D eigenvalue weighted by Gasteiger charge is -2.09. The van der Waals surface area contributed by atoms with E-state index in [1.807, 2.05) is 62.4 Å². The van der Waals surface area contributed by atoms with Crippen LogP contribution < -0.4 is 10.1 Å². The Balaban J connectivity index is 1.42. The number of aryl methyl sites for hydroxylation is 2. The molecule has 4 aromatic rings. The lowest BCUT2D eigenvalue weighted by molar-refractivity contribution is 0.102. The van der Waals surface area contributed by atoms with Gasteiger partial charge in [0.2, 0.25) is 0 Å². The summed E-state index contributed by atoms with van der Waals surface area (Å²) in [5.74, 6) is 1.16. The molecular formula is C25H22N2O3. The number of carbonyl (C=O) groups is 1. The molecule has 0 atom stereocenters. The quantitative estimate of drug-likeness (QED) is 0.446. The molecule has 1 N–H and O–H groups in total. The Morgan fingerprint density at radius 2 is 1.67 bits per heavy atom. The Kier molecular flexibility index (Phi) is 5.61. The predicted octanol–water partition coefficient (Wildman–Crippen LogP) is 5.79. The Morgan fingerprint density at radius 3 is 2.37 bits per heavy atom. The molecule has 3 aromatic carbocycles. The summed E-state index contributed by atoms with van der Waals surface area (Å²) in [6, 6.07) is 25.0. The highest BCUT2D eigenvalue weighted by molar-refractivity contribution is 6.04. The summed E-state index contributed by atoms with van der Waals surface area (Å²) in [6.07, 6.45) is 0. The minimum Gasteiger partial charge on any atom is -0.489 e. The molecule has 0 fully saturated rings. The monoisotopic (exact) mass is 398 g/mol. The van der Waals surface area contributed by atoms with E-state index in [2.05, 4.69) is 22.6 Å². The maximum atomic E-state index is 12.7. The molecule has 30 heavy (non-hydrogen) atoms. The molecule has 1 aromatic heterocycles. The van der Waals surface area contributed by atoms with Gasteiger partial charge in [0, 0.05) is 11.3 Å². The fraction of sp³-hybridized carbons (Fsp3) is 0.120. The van der Waals surface area contributed by atoms with E-state index in [0.29, 0.717) is 17.9 Å². The molecule has 0 aliphatic rings. The average molecular weight is 398 g/mol. The first-order chi connectivity index (χ1) is 14.6. The average Bonchev–Trinajstić information content (AvgIpc) is 3.11. The van der Waals surface area contributed by atoms with Crippen LogP contribution in [0, 0.1) is 13.8 Å². The number of carbonyl (C=O) groups excluding carboxylic acids is 1. The number of aromatic nitrogens is 1. The van der Waals surface area contributed by atoms with Crippen LogP contribution in [-0.2, 0) is 6.61 Å². The standard InChI is InChI=1S/C25H22N2O3/c1-17-24(18(2)30-27-17)16-29-23-10-6-9-21(15-23)25(28)26-22-13-11-20(12-14-22)19-7-4-3-5-8-19/h3-15H,16H2,1-2H3,(H,26,28). The van der Waals surface area contributed by atoms with Crippen molar-refractivity contribution in [1.82, 2.24) is 5.16 Å². The summed E-state index contributed by atoms with van der Waals surface area (Å²) in [5.41, 5.74) is 5.23. The highest BCUT2D eigenvalue weighted by Crippen LogP contribution is 2.22. The van der Waals surface area contributed by atoms with Gasteiger partial charge in [-0.3, -0.25) is 4.79 Å². The third kappa shape index (κ3) is 4.41. The van der Waals surface area contributed by atoms with Crippen molar-refractivity contribution in [2.24, 2.45) is 0 Å². The minimum absolute atomic E-state index is 0.190. The highest BCUT2D eigenvalue weighted by atomic mass is 16.5.